The fourth-order valence-corrected chi connectivity index (χ4v) is 2.95. The maximum absolute atomic E-state index is 12.4. The van der Waals surface area contributed by atoms with Crippen LogP contribution in [0.25, 0.3) is 5.76 Å². The van der Waals surface area contributed by atoms with Crippen molar-refractivity contribution in [3.05, 3.63) is 64.9 Å². The van der Waals surface area contributed by atoms with E-state index in [4.69, 9.17) is 9.47 Å². The molecule has 1 heterocycles. The number of benzene rings is 1. The zero-order valence-electron chi connectivity index (χ0n) is 13.0. The van der Waals surface area contributed by atoms with Crippen molar-refractivity contribution in [2.45, 2.75) is 6.42 Å². The van der Waals surface area contributed by atoms with Crippen LogP contribution in [0.15, 0.2) is 59.3 Å². The van der Waals surface area contributed by atoms with Gasteiger partial charge in [0, 0.05) is 17.2 Å². The Labute approximate surface area is 134 Å². The van der Waals surface area contributed by atoms with Gasteiger partial charge in [0.2, 0.25) is 0 Å². The average Bonchev–Trinajstić information content (AvgIpc) is 2.91. The summed E-state index contributed by atoms with van der Waals surface area (Å²) in [4.78, 5) is 24.1. The highest BCUT2D eigenvalue weighted by Gasteiger charge is 2.38. The predicted molar refractivity (Wildman–Crippen MR) is 84.8 cm³/mol. The number of hydrogen-bond donors (Lipinski definition) is 1. The van der Waals surface area contributed by atoms with Crippen molar-refractivity contribution in [1.82, 2.24) is 5.32 Å². The molecule has 1 saturated heterocycles. The Hall–Kier alpha value is -2.82. The van der Waals surface area contributed by atoms with Crippen molar-refractivity contribution in [3.63, 3.8) is 0 Å². The van der Waals surface area contributed by atoms with Crippen molar-refractivity contribution >= 4 is 17.6 Å². The maximum atomic E-state index is 12.4. The van der Waals surface area contributed by atoms with E-state index in [2.05, 4.69) is 5.32 Å². The topological polar surface area (TPSA) is 64.6 Å². The molecule has 1 N–H and O–H groups in total. The molecular weight excluding hydrogens is 294 g/mol. The number of methoxy groups -OCH3 is 2. The first-order chi connectivity index (χ1) is 11.2. The summed E-state index contributed by atoms with van der Waals surface area (Å²) in [6.45, 7) is 0. The van der Waals surface area contributed by atoms with E-state index in [0.717, 1.165) is 5.56 Å². The molecule has 0 aromatic heterocycles. The molecule has 1 unspecified atom stereocenters. The van der Waals surface area contributed by atoms with E-state index in [1.54, 1.807) is 19.3 Å². The Kier molecular flexibility index (Phi) is 4.02. The van der Waals surface area contributed by atoms with Crippen molar-refractivity contribution in [1.29, 1.82) is 0 Å². The van der Waals surface area contributed by atoms with Gasteiger partial charge < -0.3 is 14.8 Å². The normalized spacial score (nSPS) is 21.7. The van der Waals surface area contributed by atoms with E-state index in [-0.39, 0.29) is 11.8 Å². The molecule has 1 aromatic carbocycles. The summed E-state index contributed by atoms with van der Waals surface area (Å²) >= 11 is 0. The van der Waals surface area contributed by atoms with E-state index in [9.17, 15) is 9.59 Å². The number of fused-ring (bicyclic) bond motifs is 1. The molecule has 1 aromatic rings. The number of allylic oxidation sites excluding steroid dienone is 2. The third-order valence-electron chi connectivity index (χ3n) is 4.02. The molecule has 0 radical (unpaired) electrons. The molecular formula is C18H17NO4. The summed E-state index contributed by atoms with van der Waals surface area (Å²) in [6.07, 6.45) is 4.01. The molecule has 0 spiro atoms. The Bertz CT molecular complexity index is 744. The molecule has 2 aliphatic rings. The second kappa shape index (κ2) is 6.12. The Morgan fingerprint density at radius 1 is 1.17 bits per heavy atom. The molecule has 5 heteroatoms. The number of carbonyl (C=O) groups is 2. The first-order valence-electron chi connectivity index (χ1n) is 7.30. The minimum atomic E-state index is -0.405. The van der Waals surface area contributed by atoms with Crippen LogP contribution in [0, 0.1) is 5.92 Å². The molecule has 1 fully saturated rings. The standard InChI is InChI=1S/C18H17NO4/c1-22-16(11-6-4-3-5-7-11)15-13-9-8-12(18(21)23-2)10-14(13)19-17(15)20/h3-8,10,13H,9H2,1-2H3,(H,19,20). The van der Waals surface area contributed by atoms with Crippen molar-refractivity contribution in [3.8, 4) is 0 Å². The molecule has 118 valence electrons. The van der Waals surface area contributed by atoms with E-state index in [1.165, 1.54) is 7.11 Å². The summed E-state index contributed by atoms with van der Waals surface area (Å²) in [5.74, 6) is -0.170. The van der Waals surface area contributed by atoms with Crippen LogP contribution in [-0.2, 0) is 19.1 Å². The highest BCUT2D eigenvalue weighted by atomic mass is 16.5. The van der Waals surface area contributed by atoms with Gasteiger partial charge in [0.15, 0.2) is 0 Å². The molecule has 3 rings (SSSR count). The van der Waals surface area contributed by atoms with E-state index < -0.39 is 5.97 Å². The van der Waals surface area contributed by atoms with Gasteiger partial charge in [-0.15, -0.1) is 0 Å². The first-order valence-corrected chi connectivity index (χ1v) is 7.30. The number of carbonyl (C=O) groups excluding carboxylic acids is 2. The number of nitrogens with one attached hydrogen (secondary N) is 1. The van der Waals surface area contributed by atoms with Crippen LogP contribution in [-0.4, -0.2) is 26.1 Å². The Balaban J connectivity index is 2.02. The largest absolute Gasteiger partial charge is 0.496 e. The number of esters is 1. The van der Waals surface area contributed by atoms with Gasteiger partial charge in [-0.2, -0.15) is 0 Å². The van der Waals surface area contributed by atoms with Crippen molar-refractivity contribution in [2.75, 3.05) is 14.2 Å². The number of hydrogen-bond acceptors (Lipinski definition) is 4. The van der Waals surface area contributed by atoms with E-state index in [1.807, 2.05) is 30.3 Å². The van der Waals surface area contributed by atoms with Crippen LogP contribution in [0.4, 0.5) is 0 Å². The third-order valence-corrected chi connectivity index (χ3v) is 4.02. The van der Waals surface area contributed by atoms with Crippen LogP contribution < -0.4 is 5.32 Å². The van der Waals surface area contributed by atoms with Gasteiger partial charge in [0.05, 0.1) is 25.4 Å². The van der Waals surface area contributed by atoms with Crippen LogP contribution in [0.5, 0.6) is 0 Å². The predicted octanol–water partition coefficient (Wildman–Crippen LogP) is 2.18. The number of ether oxygens (including phenoxy) is 2. The molecule has 5 nitrogen and oxygen atoms in total. The zero-order valence-corrected chi connectivity index (χ0v) is 13.0. The van der Waals surface area contributed by atoms with Gasteiger partial charge >= 0.3 is 5.97 Å². The second-order valence-electron chi connectivity index (χ2n) is 5.31. The van der Waals surface area contributed by atoms with Crippen molar-refractivity contribution in [2.24, 2.45) is 5.92 Å². The fourth-order valence-electron chi connectivity index (χ4n) is 2.95. The molecule has 0 bridgehead atoms. The highest BCUT2D eigenvalue weighted by Crippen LogP contribution is 2.38. The third kappa shape index (κ3) is 2.65. The monoisotopic (exact) mass is 311 g/mol. The number of amides is 1. The van der Waals surface area contributed by atoms with Crippen LogP contribution in [0.2, 0.25) is 0 Å². The highest BCUT2D eigenvalue weighted by molar-refractivity contribution is 6.05. The lowest BCUT2D eigenvalue weighted by Gasteiger charge is -2.17. The van der Waals surface area contributed by atoms with E-state index >= 15 is 0 Å². The van der Waals surface area contributed by atoms with Crippen molar-refractivity contribution < 1.29 is 19.1 Å². The Morgan fingerprint density at radius 3 is 2.57 bits per heavy atom. The lowest BCUT2D eigenvalue weighted by Crippen LogP contribution is -2.16. The van der Waals surface area contributed by atoms with Gasteiger partial charge in [0.25, 0.3) is 5.91 Å². The SMILES string of the molecule is COC(=O)C1=CCC2C(=C1)NC(=O)C2=C(OC)c1ccccc1. The summed E-state index contributed by atoms with van der Waals surface area (Å²) in [6, 6.07) is 9.51. The summed E-state index contributed by atoms with van der Waals surface area (Å²) in [7, 11) is 2.90. The molecule has 23 heavy (non-hydrogen) atoms. The van der Waals surface area contributed by atoms with Gasteiger partial charge in [-0.1, -0.05) is 36.4 Å². The number of rotatable bonds is 3. The minimum Gasteiger partial charge on any atom is -0.496 e. The summed E-state index contributed by atoms with van der Waals surface area (Å²) in [5.41, 5.74) is 2.60. The summed E-state index contributed by atoms with van der Waals surface area (Å²) in [5, 5.41) is 2.84. The maximum Gasteiger partial charge on any atom is 0.337 e. The van der Waals surface area contributed by atoms with Gasteiger partial charge in [-0.25, -0.2) is 4.79 Å². The smallest absolute Gasteiger partial charge is 0.337 e. The quantitative estimate of drug-likeness (QED) is 0.528. The zero-order chi connectivity index (χ0) is 16.4. The van der Waals surface area contributed by atoms with E-state index in [0.29, 0.717) is 29.0 Å². The molecule has 0 saturated carbocycles. The lowest BCUT2D eigenvalue weighted by atomic mass is 9.88. The van der Waals surface area contributed by atoms with Crippen LogP contribution >= 0.6 is 0 Å². The Morgan fingerprint density at radius 2 is 1.91 bits per heavy atom. The lowest BCUT2D eigenvalue weighted by molar-refractivity contribution is -0.135. The molecule has 1 amide bonds. The van der Waals surface area contributed by atoms with Gasteiger partial charge in [0.1, 0.15) is 5.76 Å². The second-order valence-corrected chi connectivity index (χ2v) is 5.31. The van der Waals surface area contributed by atoms with Crippen LogP contribution in [0.1, 0.15) is 12.0 Å². The molecule has 1 aliphatic carbocycles. The molecule has 1 atom stereocenters. The summed E-state index contributed by atoms with van der Waals surface area (Å²) < 4.78 is 10.2. The average molecular weight is 311 g/mol. The first kappa shape index (κ1) is 15.1. The van der Waals surface area contributed by atoms with Gasteiger partial charge in [-0.05, 0) is 12.5 Å². The molecule has 1 aliphatic heterocycles. The van der Waals surface area contributed by atoms with Gasteiger partial charge in [-0.3, -0.25) is 4.79 Å². The fraction of sp³-hybridized carbons (Fsp3) is 0.222. The van der Waals surface area contributed by atoms with Crippen LogP contribution in [0.3, 0.4) is 0 Å². The minimum absolute atomic E-state index is 0.133.